The van der Waals surface area contributed by atoms with E-state index in [9.17, 15) is 9.18 Å². The third-order valence-corrected chi connectivity index (χ3v) is 6.76. The number of aliphatic imine (C=N–C) groups is 1. The Hall–Kier alpha value is -4.69. The first-order chi connectivity index (χ1) is 20.4. The predicted octanol–water partition coefficient (Wildman–Crippen LogP) is 8.68. The average Bonchev–Trinajstić information content (AvgIpc) is 3.02. The van der Waals surface area contributed by atoms with Gasteiger partial charge >= 0.3 is 0 Å². The molecule has 0 aliphatic heterocycles. The van der Waals surface area contributed by atoms with Crippen LogP contribution < -0.4 is 10.6 Å². The topological polar surface area (TPSA) is 53.5 Å². The Balaban J connectivity index is 1.63. The molecule has 0 bridgehead atoms. The van der Waals surface area contributed by atoms with Crippen molar-refractivity contribution in [2.24, 2.45) is 4.99 Å². The average molecular weight is 562 g/mol. The van der Waals surface area contributed by atoms with E-state index in [-0.39, 0.29) is 11.7 Å². The molecule has 0 heterocycles. The number of carbonyl (C=O) groups is 1. The highest BCUT2D eigenvalue weighted by atomic mass is 19.1. The van der Waals surface area contributed by atoms with Gasteiger partial charge in [0, 0.05) is 23.2 Å². The molecule has 1 amide bonds. The molecule has 0 aromatic heterocycles. The Labute approximate surface area is 250 Å². The zero-order valence-corrected chi connectivity index (χ0v) is 25.1. The minimum absolute atomic E-state index is 0.147. The second kappa shape index (κ2) is 16.5. The number of allylic oxidation sites excluding steroid dienone is 10. The summed E-state index contributed by atoms with van der Waals surface area (Å²) in [7, 11) is 0. The highest BCUT2D eigenvalue weighted by Gasteiger charge is 2.17. The molecular formula is C37H40FN3O. The van der Waals surface area contributed by atoms with Crippen LogP contribution in [-0.2, 0) is 0 Å². The lowest BCUT2D eigenvalue weighted by atomic mass is 9.93. The van der Waals surface area contributed by atoms with Crippen molar-refractivity contribution in [2.45, 2.75) is 53.4 Å². The number of rotatable bonds is 11. The quantitative estimate of drug-likeness (QED) is 0.164. The number of carbonyl (C=O) groups excluding carboxylic acids is 1. The molecule has 0 saturated carbocycles. The molecule has 0 fully saturated rings. The lowest BCUT2D eigenvalue weighted by Gasteiger charge is -2.16. The maximum Gasteiger partial charge on any atom is 0.257 e. The number of nitrogens with one attached hydrogen (secondary N) is 2. The molecule has 0 spiro atoms. The predicted molar refractivity (Wildman–Crippen MR) is 175 cm³/mol. The van der Waals surface area contributed by atoms with E-state index in [1.165, 1.54) is 11.6 Å². The van der Waals surface area contributed by atoms with Crippen LogP contribution in [0.1, 0.15) is 80.4 Å². The summed E-state index contributed by atoms with van der Waals surface area (Å²) in [5.74, 6) is 6.34. The second-order valence-electron chi connectivity index (χ2n) is 9.66. The minimum atomic E-state index is -0.271. The monoisotopic (exact) mass is 561 g/mol. The first-order valence-electron chi connectivity index (χ1n) is 14.4. The molecule has 2 N–H and O–H groups in total. The largest absolute Gasteiger partial charge is 0.373 e. The van der Waals surface area contributed by atoms with Gasteiger partial charge < -0.3 is 10.6 Å². The van der Waals surface area contributed by atoms with E-state index in [1.54, 1.807) is 18.2 Å². The summed E-state index contributed by atoms with van der Waals surface area (Å²) < 4.78 is 13.5. The van der Waals surface area contributed by atoms with E-state index in [0.29, 0.717) is 42.9 Å². The van der Waals surface area contributed by atoms with Gasteiger partial charge in [-0.1, -0.05) is 86.9 Å². The first-order valence-corrected chi connectivity index (χ1v) is 14.4. The second-order valence-corrected chi connectivity index (χ2v) is 9.66. The van der Waals surface area contributed by atoms with Gasteiger partial charge in [-0.2, -0.15) is 0 Å². The molecular weight excluding hydrogens is 521 g/mol. The van der Waals surface area contributed by atoms with Crippen molar-refractivity contribution >= 4 is 22.8 Å². The van der Waals surface area contributed by atoms with E-state index >= 15 is 0 Å². The molecule has 0 radical (unpaired) electrons. The van der Waals surface area contributed by atoms with Crippen molar-refractivity contribution in [3.8, 4) is 11.8 Å². The minimum Gasteiger partial charge on any atom is -0.373 e. The Morgan fingerprint density at radius 3 is 2.45 bits per heavy atom. The van der Waals surface area contributed by atoms with Gasteiger partial charge in [-0.3, -0.25) is 4.79 Å². The third-order valence-electron chi connectivity index (χ3n) is 6.76. The lowest BCUT2D eigenvalue weighted by Crippen LogP contribution is -2.25. The van der Waals surface area contributed by atoms with E-state index in [0.717, 1.165) is 34.4 Å². The Morgan fingerprint density at radius 2 is 1.81 bits per heavy atom. The fourth-order valence-electron chi connectivity index (χ4n) is 4.40. The van der Waals surface area contributed by atoms with Gasteiger partial charge in [0.05, 0.1) is 12.3 Å². The smallest absolute Gasteiger partial charge is 0.257 e. The molecule has 2 aromatic carbocycles. The van der Waals surface area contributed by atoms with Crippen molar-refractivity contribution in [2.75, 3.05) is 6.54 Å². The summed E-state index contributed by atoms with van der Waals surface area (Å²) in [4.78, 5) is 17.9. The van der Waals surface area contributed by atoms with Crippen molar-refractivity contribution in [3.05, 3.63) is 131 Å². The van der Waals surface area contributed by atoms with Crippen LogP contribution in [0.3, 0.4) is 0 Å². The van der Waals surface area contributed by atoms with Gasteiger partial charge in [-0.25, -0.2) is 9.38 Å². The SMILES string of the molecule is C=C(NCC#Cc1ccc(C(/C=C\CC)=C/C)cc1)/C(CC)=N/C(=C\C)NC(=O)c1ccccc1C1=CC=C(F)CC1. The Bertz CT molecular complexity index is 1520. The van der Waals surface area contributed by atoms with Gasteiger partial charge in [0.2, 0.25) is 0 Å². The maximum atomic E-state index is 13.5. The third kappa shape index (κ3) is 9.17. The van der Waals surface area contributed by atoms with Crippen LogP contribution in [0.5, 0.6) is 0 Å². The van der Waals surface area contributed by atoms with Crippen molar-refractivity contribution in [1.82, 2.24) is 10.6 Å². The number of amides is 1. The number of benzene rings is 2. The highest BCUT2D eigenvalue weighted by molar-refractivity contribution is 6.02. The zero-order valence-electron chi connectivity index (χ0n) is 25.1. The van der Waals surface area contributed by atoms with Gasteiger partial charge in [-0.15, -0.1) is 0 Å². The van der Waals surface area contributed by atoms with E-state index in [2.05, 4.69) is 71.3 Å². The summed E-state index contributed by atoms with van der Waals surface area (Å²) in [5, 5.41) is 6.16. The highest BCUT2D eigenvalue weighted by Crippen LogP contribution is 2.29. The van der Waals surface area contributed by atoms with Crippen LogP contribution >= 0.6 is 0 Å². The van der Waals surface area contributed by atoms with Crippen LogP contribution in [0, 0.1) is 11.8 Å². The van der Waals surface area contributed by atoms with Crippen LogP contribution in [0.15, 0.2) is 114 Å². The maximum absolute atomic E-state index is 13.5. The van der Waals surface area contributed by atoms with Crippen LogP contribution in [0.4, 0.5) is 4.39 Å². The van der Waals surface area contributed by atoms with Gasteiger partial charge in [0.1, 0.15) is 11.6 Å². The van der Waals surface area contributed by atoms with Gasteiger partial charge in [0.15, 0.2) is 0 Å². The van der Waals surface area contributed by atoms with E-state index in [1.807, 2.05) is 51.1 Å². The normalized spacial score (nSPS) is 14.1. The van der Waals surface area contributed by atoms with E-state index < -0.39 is 0 Å². The summed E-state index contributed by atoms with van der Waals surface area (Å²) in [5.41, 5.74) is 6.91. The molecule has 0 unspecified atom stereocenters. The standard InChI is InChI=1S/C37H40FN3O/c1-6-10-15-29(7-2)30-20-18-28(19-21-30)14-13-26-39-27(5)35(8-3)40-36(9-4)41-37(42)34-17-12-11-16-33(34)31-22-24-32(38)25-23-31/h7,9-12,15-22,24,39H,5-6,8,23,25-26H2,1-4H3,(H,41,42)/b15-10-,29-7+,36-9+,40-35+. The lowest BCUT2D eigenvalue weighted by molar-refractivity contribution is 0.0965. The molecule has 1 aliphatic rings. The molecule has 0 saturated heterocycles. The zero-order chi connectivity index (χ0) is 30.3. The van der Waals surface area contributed by atoms with E-state index in [4.69, 9.17) is 0 Å². The summed E-state index contributed by atoms with van der Waals surface area (Å²) in [6, 6.07) is 15.6. The van der Waals surface area contributed by atoms with Crippen LogP contribution in [-0.4, -0.2) is 18.2 Å². The van der Waals surface area contributed by atoms with Crippen molar-refractivity contribution in [1.29, 1.82) is 0 Å². The number of halogens is 1. The van der Waals surface area contributed by atoms with Gasteiger partial charge in [-0.05, 0) is 85.7 Å². The fraction of sp³-hybridized carbons (Fsp3) is 0.243. The summed E-state index contributed by atoms with van der Waals surface area (Å²) >= 11 is 0. The summed E-state index contributed by atoms with van der Waals surface area (Å²) in [6.07, 6.45) is 13.9. The molecule has 42 heavy (non-hydrogen) atoms. The van der Waals surface area contributed by atoms with Gasteiger partial charge in [0.25, 0.3) is 5.91 Å². The number of hydrogen-bond donors (Lipinski definition) is 2. The molecule has 3 rings (SSSR count). The molecule has 0 atom stereocenters. The summed E-state index contributed by atoms with van der Waals surface area (Å²) in [6.45, 7) is 12.5. The molecule has 4 nitrogen and oxygen atoms in total. The Morgan fingerprint density at radius 1 is 1.05 bits per heavy atom. The molecule has 1 aliphatic carbocycles. The van der Waals surface area contributed by atoms with Crippen molar-refractivity contribution in [3.63, 3.8) is 0 Å². The van der Waals surface area contributed by atoms with Crippen LogP contribution in [0.25, 0.3) is 11.1 Å². The number of hydrogen-bond acceptors (Lipinski definition) is 3. The van der Waals surface area contributed by atoms with Crippen LogP contribution in [0.2, 0.25) is 0 Å². The first kappa shape index (κ1) is 31.8. The fourth-order valence-corrected chi connectivity index (χ4v) is 4.40. The van der Waals surface area contributed by atoms with Crippen molar-refractivity contribution < 1.29 is 9.18 Å². The Kier molecular flexibility index (Phi) is 12.5. The molecule has 216 valence electrons. The number of nitrogens with zero attached hydrogens (tertiary/aromatic N) is 1. The molecule has 5 heteroatoms. The molecule has 2 aromatic rings.